The van der Waals surface area contributed by atoms with Gasteiger partial charge in [0.2, 0.25) is 0 Å². The number of thiophene rings is 1. The van der Waals surface area contributed by atoms with Crippen molar-refractivity contribution in [2.24, 2.45) is 0 Å². The lowest BCUT2D eigenvalue weighted by Crippen LogP contribution is -2.09. The molecule has 11 aromatic rings. The van der Waals surface area contributed by atoms with Gasteiger partial charge in [0.15, 0.2) is 0 Å². The summed E-state index contributed by atoms with van der Waals surface area (Å²) in [5.41, 5.74) is 2.75. The van der Waals surface area contributed by atoms with Crippen LogP contribution in [0, 0.1) is 0 Å². The fourth-order valence-electron chi connectivity index (χ4n) is 7.13. The molecule has 0 N–H and O–H groups in total. The summed E-state index contributed by atoms with van der Waals surface area (Å²) in [7, 11) is 0. The average Bonchev–Trinajstić information content (AvgIpc) is 3.92. The van der Waals surface area contributed by atoms with Gasteiger partial charge in [0, 0.05) is 48.4 Å². The summed E-state index contributed by atoms with van der Waals surface area (Å²) in [5.74, 6) is 0. The largest absolute Gasteiger partial charge is 0.311 e. The van der Waals surface area contributed by atoms with Crippen LogP contribution in [0.5, 0.6) is 0 Å². The first-order valence-electron chi connectivity index (χ1n) is 27.8. The van der Waals surface area contributed by atoms with Gasteiger partial charge in [0.1, 0.15) is 0 Å². The molecule has 0 bridgehead atoms. The van der Waals surface area contributed by atoms with E-state index < -0.39 is 137 Å². The number of para-hydroxylation sites is 3. The number of fused-ring (bicyclic) bond motifs is 4. The summed E-state index contributed by atoms with van der Waals surface area (Å²) in [6, 6.07) is 21.3. The molecule has 0 aliphatic carbocycles. The Kier molecular flexibility index (Phi) is 5.44. The Hall–Kier alpha value is -7.66. The maximum absolute atomic E-state index is 9.53. The van der Waals surface area contributed by atoms with Crippen LogP contribution in [0.25, 0.3) is 87.1 Å². The minimum atomic E-state index is -1.02. The first-order valence-corrected chi connectivity index (χ1v) is 19.6. The Morgan fingerprint density at radius 3 is 1.55 bits per heavy atom. The van der Waals surface area contributed by atoms with Crippen LogP contribution in [0.1, 0.15) is 24.7 Å². The van der Waals surface area contributed by atoms with Crippen LogP contribution in [0.4, 0.5) is 17.1 Å². The third kappa shape index (κ3) is 6.69. The van der Waals surface area contributed by atoms with Crippen LogP contribution < -0.4 is 4.90 Å². The van der Waals surface area contributed by atoms with Crippen LogP contribution in [0.15, 0.2) is 224 Å². The predicted molar refractivity (Wildman–Crippen MR) is 254 cm³/mol. The second-order valence-corrected chi connectivity index (χ2v) is 14.7. The van der Waals surface area contributed by atoms with E-state index in [1.165, 1.54) is 11.3 Å². The van der Waals surface area contributed by atoms with E-state index in [1.54, 1.807) is 18.2 Å². The summed E-state index contributed by atoms with van der Waals surface area (Å²) >= 11 is 1.49. The fourth-order valence-corrected chi connectivity index (χ4v) is 8.26. The highest BCUT2D eigenvalue weighted by Crippen LogP contribution is 2.42. The minimum Gasteiger partial charge on any atom is -0.311 e. The zero-order valence-corrected chi connectivity index (χ0v) is 32.0. The van der Waals surface area contributed by atoms with Gasteiger partial charge in [-0.05, 0) is 106 Å². The lowest BCUT2D eigenvalue weighted by molar-refractivity contribution is 1.28. The predicted octanol–water partition coefficient (Wildman–Crippen LogP) is 15.8. The normalized spacial score (nSPS) is 15.5. The molecule has 11 rings (SSSR count). The Morgan fingerprint density at radius 2 is 0.867 bits per heavy atom. The number of hydrogen-bond donors (Lipinski definition) is 0. The molecule has 9 aromatic carbocycles. The molecule has 282 valence electrons. The van der Waals surface area contributed by atoms with E-state index in [0.717, 1.165) is 47.9 Å². The Balaban J connectivity index is 1.07. The maximum atomic E-state index is 9.53. The molecular weight excluding hydrogens is 747 g/mol. The van der Waals surface area contributed by atoms with Crippen molar-refractivity contribution in [1.82, 2.24) is 9.97 Å². The first kappa shape index (κ1) is 21.4. The molecule has 4 heteroatoms. The molecular formula is C56H37N3S. The lowest BCUT2D eigenvalue weighted by atomic mass is 9.98. The summed E-state index contributed by atoms with van der Waals surface area (Å²) in [5, 5.41) is 1.54. The van der Waals surface area contributed by atoms with E-state index in [-0.39, 0.29) is 11.1 Å². The molecule has 2 heterocycles. The molecule has 0 atom stereocenters. The topological polar surface area (TPSA) is 29.0 Å². The van der Waals surface area contributed by atoms with Gasteiger partial charge in [-0.3, -0.25) is 0 Å². The third-order valence-corrected chi connectivity index (χ3v) is 11.1. The van der Waals surface area contributed by atoms with Gasteiger partial charge in [0.25, 0.3) is 0 Å². The smallest absolute Gasteiger partial charge is 0.0973 e. The second-order valence-electron chi connectivity index (χ2n) is 13.6. The Bertz CT molecular complexity index is 4280. The molecule has 0 saturated heterocycles. The van der Waals surface area contributed by atoms with Crippen molar-refractivity contribution < 1.29 is 24.7 Å². The number of nitrogens with zero attached hydrogens (tertiary/aromatic N) is 3. The number of anilines is 3. The summed E-state index contributed by atoms with van der Waals surface area (Å²) < 4.78 is 162. The number of rotatable bonds is 8. The van der Waals surface area contributed by atoms with Gasteiger partial charge in [0.05, 0.1) is 47.1 Å². The van der Waals surface area contributed by atoms with Crippen LogP contribution >= 0.6 is 11.3 Å². The molecule has 0 saturated carbocycles. The molecule has 0 aliphatic heterocycles. The number of benzene rings is 9. The minimum absolute atomic E-state index is 0.183. The zero-order valence-electron chi connectivity index (χ0n) is 49.2. The number of hydrogen-bond acceptors (Lipinski definition) is 4. The molecule has 0 fully saturated rings. The average molecular weight is 802 g/mol. The molecule has 0 radical (unpaired) electrons. The molecule has 0 aliphatic rings. The quantitative estimate of drug-likeness (QED) is 0.153. The molecule has 0 spiro atoms. The highest BCUT2D eigenvalue weighted by Gasteiger charge is 2.17. The second kappa shape index (κ2) is 15.3. The molecule has 0 unspecified atom stereocenters. The molecule has 60 heavy (non-hydrogen) atoms. The van der Waals surface area contributed by atoms with Gasteiger partial charge in [-0.2, -0.15) is 0 Å². The third-order valence-electron chi connectivity index (χ3n) is 9.98. The van der Waals surface area contributed by atoms with Crippen LogP contribution in [-0.4, -0.2) is 9.97 Å². The van der Waals surface area contributed by atoms with Crippen molar-refractivity contribution in [3.05, 3.63) is 224 Å². The standard InChI is InChI=1S/C56H37N3S/c1-4-13-38(14-5-1)40-23-29-47(30-24-40)59(46-19-8-3-9-20-46)48-31-25-41(26-32-48)43-28-34-53-50(36-43)49-33-27-45(37-54(49)60-53)56-55(57-51-21-10-11-22-52(51)58-56)44-18-12-17-42(35-44)39-15-6-2-7-16-39/h1-37H/i1D,3D,4D,5D,8D,9D,13D,14D,19D,20D,23D,24D,25D,26D,29D,30D,31D,32D. The van der Waals surface area contributed by atoms with Crippen molar-refractivity contribution >= 4 is 59.6 Å². The van der Waals surface area contributed by atoms with E-state index in [0.29, 0.717) is 21.8 Å². The zero-order chi connectivity index (χ0) is 55.5. The summed E-state index contributed by atoms with van der Waals surface area (Å²) in [6.45, 7) is 0. The van der Waals surface area contributed by atoms with Crippen molar-refractivity contribution in [1.29, 1.82) is 0 Å². The van der Waals surface area contributed by atoms with E-state index in [2.05, 4.69) is 6.07 Å². The Morgan fingerprint density at radius 1 is 0.350 bits per heavy atom. The van der Waals surface area contributed by atoms with Crippen molar-refractivity contribution in [2.75, 3.05) is 4.90 Å². The fraction of sp³-hybridized carbons (Fsp3) is 0. The van der Waals surface area contributed by atoms with E-state index in [9.17, 15) is 8.22 Å². The van der Waals surface area contributed by atoms with Gasteiger partial charge < -0.3 is 4.90 Å². The van der Waals surface area contributed by atoms with Gasteiger partial charge in [-0.25, -0.2) is 9.97 Å². The van der Waals surface area contributed by atoms with Crippen LogP contribution in [-0.2, 0) is 0 Å². The molecule has 2 aromatic heterocycles. The highest BCUT2D eigenvalue weighted by molar-refractivity contribution is 7.25. The molecule has 3 nitrogen and oxygen atoms in total. The van der Waals surface area contributed by atoms with Gasteiger partial charge in [-0.15, -0.1) is 11.3 Å². The van der Waals surface area contributed by atoms with Gasteiger partial charge >= 0.3 is 0 Å². The van der Waals surface area contributed by atoms with Crippen molar-refractivity contribution in [3.63, 3.8) is 0 Å². The van der Waals surface area contributed by atoms with Gasteiger partial charge in [-0.1, -0.05) is 151 Å². The number of aromatic nitrogens is 2. The summed E-state index contributed by atoms with van der Waals surface area (Å²) in [6.07, 6.45) is 0. The SMILES string of the molecule is [2H]c1c([2H])c([2H])c(-c2c([2H])c([2H])c(N(c3c([2H])c([2H])c([2H])c([2H])c3[2H])c3c([2H])c([2H])c(-c4ccc5sc6cc(-c7nc8ccccc8nc7-c7cccc(-c8ccccc8)c7)ccc6c5c4)c([2H])c3[2H])c([2H])c2[2H])c([2H])c1[2H]. The maximum Gasteiger partial charge on any atom is 0.0973 e. The van der Waals surface area contributed by atoms with Crippen LogP contribution in [0.2, 0.25) is 0 Å². The monoisotopic (exact) mass is 801 g/mol. The summed E-state index contributed by atoms with van der Waals surface area (Å²) in [4.78, 5) is 10.9. The van der Waals surface area contributed by atoms with Crippen LogP contribution in [0.3, 0.4) is 0 Å². The lowest BCUT2D eigenvalue weighted by Gasteiger charge is -2.26. The van der Waals surface area contributed by atoms with Crippen molar-refractivity contribution in [2.45, 2.75) is 0 Å². The first-order chi connectivity index (χ1) is 37.2. The van der Waals surface area contributed by atoms with E-state index in [4.69, 9.17) is 26.4 Å². The van der Waals surface area contributed by atoms with Crippen molar-refractivity contribution in [3.8, 4) is 55.9 Å². The highest BCUT2D eigenvalue weighted by atomic mass is 32.1. The Labute approximate surface area is 378 Å². The molecule has 0 amide bonds. The van der Waals surface area contributed by atoms with E-state index >= 15 is 0 Å². The van der Waals surface area contributed by atoms with E-state index in [1.807, 2.05) is 91.0 Å².